The Morgan fingerprint density at radius 1 is 0.569 bits per heavy atom. The molecule has 0 bridgehead atoms. The maximum Gasteiger partial charge on any atom is 0.416 e. The van der Waals surface area contributed by atoms with Crippen LogP contribution >= 0.6 is 11.3 Å². The van der Waals surface area contributed by atoms with E-state index >= 15 is 5.21 Å². The highest BCUT2D eigenvalue weighted by Crippen LogP contribution is 2.59. The van der Waals surface area contributed by atoms with Crippen molar-refractivity contribution in [3.63, 3.8) is 0 Å². The summed E-state index contributed by atoms with van der Waals surface area (Å²) >= 11 is 1.60. The van der Waals surface area contributed by atoms with Gasteiger partial charge in [-0.3, -0.25) is 9.44 Å². The monoisotopic (exact) mass is 799 g/mol. The van der Waals surface area contributed by atoms with Crippen molar-refractivity contribution in [1.29, 1.82) is 0 Å². The van der Waals surface area contributed by atoms with E-state index in [9.17, 15) is 31.1 Å². The standard InChI is InChI=1S/C47H27F6NO3S/c48-46(49,50)30-18-28(19-31(22-30)47(51,52)53)29-20-35(45-38(21-29)41(55)25-42(57-45)27-8-2-1-3-9-27)26-14-16-32(17-15-26)54(56)39-12-6-4-10-33(39)36-23-37-34-11-5-7-13-43(34)58-44(37)24-40(36)54/h1-24,42H,25H2. The van der Waals surface area contributed by atoms with Gasteiger partial charge in [0, 0.05) is 55.6 Å². The number of benzene rings is 7. The molecule has 10 rings (SSSR count). The molecule has 2 aliphatic heterocycles. The number of ketones is 1. The summed E-state index contributed by atoms with van der Waals surface area (Å²) in [5, 5.41) is 17.6. The zero-order chi connectivity index (χ0) is 40.1. The van der Waals surface area contributed by atoms with E-state index in [2.05, 4.69) is 12.1 Å². The lowest BCUT2D eigenvalue weighted by Gasteiger charge is -2.38. The molecule has 0 radical (unpaired) electrons. The third kappa shape index (κ3) is 5.72. The molecule has 0 fully saturated rings. The third-order valence-electron chi connectivity index (χ3n) is 11.0. The average molecular weight is 800 g/mol. The van der Waals surface area contributed by atoms with Crippen molar-refractivity contribution in [3.05, 3.63) is 173 Å². The Morgan fingerprint density at radius 2 is 1.21 bits per heavy atom. The topological polar surface area (TPSA) is 49.4 Å². The fourth-order valence-corrected chi connectivity index (χ4v) is 9.37. The Hall–Kier alpha value is -6.27. The Kier molecular flexibility index (Phi) is 8.01. The summed E-state index contributed by atoms with van der Waals surface area (Å²) in [7, 11) is 0. The fourth-order valence-electron chi connectivity index (χ4n) is 8.25. The predicted molar refractivity (Wildman–Crippen MR) is 215 cm³/mol. The molecule has 0 saturated carbocycles. The van der Waals surface area contributed by atoms with Crippen LogP contribution in [0.25, 0.3) is 53.6 Å². The molecule has 2 aliphatic rings. The third-order valence-corrected chi connectivity index (χ3v) is 12.2. The minimum absolute atomic E-state index is 0.0248. The zero-order valence-electron chi connectivity index (χ0n) is 30.0. The zero-order valence-corrected chi connectivity index (χ0v) is 30.8. The highest BCUT2D eigenvalue weighted by Gasteiger charge is 2.41. The molecule has 0 N–H and O–H groups in total. The summed E-state index contributed by atoms with van der Waals surface area (Å²) < 4.78 is 91.5. The number of fused-ring (bicyclic) bond motifs is 7. The van der Waals surface area contributed by atoms with Crippen LogP contribution in [0.3, 0.4) is 0 Å². The van der Waals surface area contributed by atoms with Gasteiger partial charge >= 0.3 is 12.4 Å². The molecule has 11 heteroatoms. The Bertz CT molecular complexity index is 2940. The van der Waals surface area contributed by atoms with Gasteiger partial charge in [0.15, 0.2) is 17.2 Å². The second-order valence-electron chi connectivity index (χ2n) is 14.5. The van der Waals surface area contributed by atoms with E-state index in [1.807, 2.05) is 60.7 Å². The summed E-state index contributed by atoms with van der Waals surface area (Å²) in [5.74, 6) is -0.251. The van der Waals surface area contributed by atoms with Crippen LogP contribution in [-0.4, -0.2) is 5.78 Å². The highest BCUT2D eigenvalue weighted by atomic mass is 32.1. The molecular formula is C47H27F6NO3S. The number of thiophene rings is 1. The van der Waals surface area contributed by atoms with Crippen molar-refractivity contribution < 1.29 is 35.9 Å². The minimum atomic E-state index is -5.07. The van der Waals surface area contributed by atoms with Gasteiger partial charge in [-0.1, -0.05) is 60.7 Å². The molecule has 286 valence electrons. The molecule has 1 aromatic heterocycles. The van der Waals surface area contributed by atoms with Gasteiger partial charge in [0.05, 0.1) is 28.7 Å². The van der Waals surface area contributed by atoms with Crippen LogP contribution in [0.5, 0.6) is 5.75 Å². The number of para-hydroxylation sites is 1. The van der Waals surface area contributed by atoms with Gasteiger partial charge in [0.25, 0.3) is 0 Å². The largest absolute Gasteiger partial charge is 0.616 e. The smallest absolute Gasteiger partial charge is 0.416 e. The number of Topliss-reactive ketones (excluding diaryl/α,β-unsaturated/α-hetero) is 1. The second-order valence-corrected chi connectivity index (χ2v) is 15.6. The summed E-state index contributed by atoms with van der Waals surface area (Å²) in [4.78, 5) is 13.9. The molecule has 8 aromatic rings. The van der Waals surface area contributed by atoms with Crippen molar-refractivity contribution in [2.75, 3.05) is 0 Å². The quantitative estimate of drug-likeness (QED) is 0.101. The lowest BCUT2D eigenvalue weighted by atomic mass is 9.88. The SMILES string of the molecule is O=C1CC(c2ccccc2)Oc2c1cc(-c1cc(C(F)(F)F)cc(C(F)(F)F)c1)cc2-c1ccc([N+]2([O-])c3ccccc3-c3cc4c(cc32)sc2ccccc24)cc1. The Labute approximate surface area is 331 Å². The molecule has 58 heavy (non-hydrogen) atoms. The Morgan fingerprint density at radius 3 is 1.93 bits per heavy atom. The number of halogens is 6. The summed E-state index contributed by atoms with van der Waals surface area (Å²) in [6, 6.07) is 39.3. The van der Waals surface area contributed by atoms with Gasteiger partial charge in [-0.25, -0.2) is 0 Å². The van der Waals surface area contributed by atoms with Crippen LogP contribution in [0.1, 0.15) is 39.6 Å². The van der Waals surface area contributed by atoms with Crippen LogP contribution in [0.4, 0.5) is 43.4 Å². The maximum atomic E-state index is 15.5. The van der Waals surface area contributed by atoms with Gasteiger partial charge in [-0.2, -0.15) is 26.3 Å². The van der Waals surface area contributed by atoms with E-state index in [1.54, 1.807) is 53.8 Å². The number of hydrogen-bond acceptors (Lipinski definition) is 4. The maximum absolute atomic E-state index is 15.5. The van der Waals surface area contributed by atoms with Crippen LogP contribution < -0.4 is 9.38 Å². The van der Waals surface area contributed by atoms with Gasteiger partial charge in [-0.05, 0) is 82.9 Å². The molecule has 2 unspecified atom stereocenters. The molecule has 2 atom stereocenters. The van der Waals surface area contributed by atoms with Crippen LogP contribution in [0.15, 0.2) is 146 Å². The van der Waals surface area contributed by atoms with Crippen molar-refractivity contribution in [3.8, 4) is 39.1 Å². The first-order valence-electron chi connectivity index (χ1n) is 18.3. The van der Waals surface area contributed by atoms with Crippen LogP contribution in [0, 0.1) is 5.21 Å². The number of carbonyl (C=O) groups is 1. The number of alkyl halides is 6. The van der Waals surface area contributed by atoms with Crippen molar-refractivity contribution in [2.45, 2.75) is 24.9 Å². The number of hydrogen-bond donors (Lipinski definition) is 0. The van der Waals surface area contributed by atoms with E-state index in [1.165, 1.54) is 12.1 Å². The molecular weight excluding hydrogens is 773 g/mol. The number of ether oxygens (including phenoxy) is 1. The normalized spacial score (nSPS) is 17.6. The summed E-state index contributed by atoms with van der Waals surface area (Å²) in [6.45, 7) is 0. The molecule has 0 saturated heterocycles. The molecule has 3 heterocycles. The molecule has 7 aromatic carbocycles. The predicted octanol–water partition coefficient (Wildman–Crippen LogP) is 14.6. The molecule has 4 nitrogen and oxygen atoms in total. The van der Waals surface area contributed by atoms with Gasteiger partial charge in [0.2, 0.25) is 0 Å². The molecule has 0 spiro atoms. The minimum Gasteiger partial charge on any atom is -0.616 e. The number of rotatable bonds is 4. The van der Waals surface area contributed by atoms with E-state index in [0.29, 0.717) is 34.8 Å². The van der Waals surface area contributed by atoms with Crippen molar-refractivity contribution >= 4 is 54.4 Å². The average Bonchev–Trinajstić information content (AvgIpc) is 3.71. The lowest BCUT2D eigenvalue weighted by molar-refractivity contribution is -0.143. The van der Waals surface area contributed by atoms with E-state index in [0.717, 1.165) is 36.9 Å². The van der Waals surface area contributed by atoms with Gasteiger partial charge in [-0.15, -0.1) is 11.3 Å². The van der Waals surface area contributed by atoms with E-state index in [4.69, 9.17) is 4.74 Å². The number of quaternary nitrogens is 1. The van der Waals surface area contributed by atoms with Gasteiger partial charge in [0.1, 0.15) is 17.5 Å². The van der Waals surface area contributed by atoms with Crippen molar-refractivity contribution in [1.82, 2.24) is 4.65 Å². The van der Waals surface area contributed by atoms with Crippen molar-refractivity contribution in [2.24, 2.45) is 0 Å². The number of carbonyl (C=O) groups excluding carboxylic acids is 1. The first kappa shape index (κ1) is 36.1. The van der Waals surface area contributed by atoms with Crippen LogP contribution in [0.2, 0.25) is 0 Å². The second kappa shape index (κ2) is 12.9. The lowest BCUT2D eigenvalue weighted by Crippen LogP contribution is -2.29. The molecule has 0 aliphatic carbocycles. The highest BCUT2D eigenvalue weighted by molar-refractivity contribution is 7.25. The summed E-state index contributed by atoms with van der Waals surface area (Å²) in [6.07, 6.45) is -10.9. The fraction of sp³-hybridized carbons (Fsp3) is 0.0851. The van der Waals surface area contributed by atoms with Gasteiger partial charge < -0.3 is 9.94 Å². The first-order chi connectivity index (χ1) is 27.8. The van der Waals surface area contributed by atoms with Crippen LogP contribution in [-0.2, 0) is 12.4 Å². The Balaban J connectivity index is 1.14. The summed E-state index contributed by atoms with van der Waals surface area (Å²) in [5.41, 5.74) is 1.13. The first-order valence-corrected chi connectivity index (χ1v) is 19.1. The van der Waals surface area contributed by atoms with E-state index < -0.39 is 34.2 Å². The number of nitrogens with zero attached hydrogens (tertiary/aromatic N) is 1. The van der Waals surface area contributed by atoms with E-state index in [-0.39, 0.29) is 46.3 Å². The molecule has 0 amide bonds.